The number of nitrogens with zero attached hydrogens (tertiary/aromatic N) is 1. The first-order chi connectivity index (χ1) is 25.6. The summed E-state index contributed by atoms with van der Waals surface area (Å²) in [4.78, 5) is 36.6. The minimum atomic E-state index is -1.13. The molecular formula is C45H81NO7. The third-order valence-electron chi connectivity index (χ3n) is 9.52. The highest BCUT2D eigenvalue weighted by Crippen LogP contribution is 2.14. The first kappa shape index (κ1) is 50.5. The predicted octanol–water partition coefficient (Wildman–Crippen LogP) is 10.1. The summed E-state index contributed by atoms with van der Waals surface area (Å²) in [6.45, 7) is 4.45. The van der Waals surface area contributed by atoms with Gasteiger partial charge in [0.05, 0.1) is 40.3 Å². The van der Waals surface area contributed by atoms with Crippen molar-refractivity contribution >= 4 is 17.9 Å². The van der Waals surface area contributed by atoms with E-state index in [4.69, 9.17) is 14.2 Å². The Labute approximate surface area is 325 Å². The molecule has 0 fully saturated rings. The second-order valence-corrected chi connectivity index (χ2v) is 15.5. The van der Waals surface area contributed by atoms with E-state index >= 15 is 0 Å². The fourth-order valence-electron chi connectivity index (χ4n) is 6.18. The number of hydrogen-bond acceptors (Lipinski definition) is 7. The highest BCUT2D eigenvalue weighted by atomic mass is 16.6. The van der Waals surface area contributed by atoms with Crippen molar-refractivity contribution in [2.24, 2.45) is 0 Å². The van der Waals surface area contributed by atoms with Gasteiger partial charge >= 0.3 is 11.9 Å². The van der Waals surface area contributed by atoms with Crippen molar-refractivity contribution in [3.63, 3.8) is 0 Å². The highest BCUT2D eigenvalue weighted by Gasteiger charge is 2.25. The molecule has 0 amide bonds. The van der Waals surface area contributed by atoms with Crippen LogP contribution < -0.4 is 5.11 Å². The van der Waals surface area contributed by atoms with Crippen LogP contribution in [0.5, 0.6) is 0 Å². The van der Waals surface area contributed by atoms with Crippen LogP contribution in [-0.4, -0.2) is 75.5 Å². The van der Waals surface area contributed by atoms with Crippen molar-refractivity contribution in [3.8, 4) is 0 Å². The number of carbonyl (C=O) groups is 3. The maximum absolute atomic E-state index is 12.7. The Bertz CT molecular complexity index is 968. The summed E-state index contributed by atoms with van der Waals surface area (Å²) < 4.78 is 17.0. The summed E-state index contributed by atoms with van der Waals surface area (Å²) in [6, 6.07) is -0.731. The second kappa shape index (κ2) is 36.5. The van der Waals surface area contributed by atoms with Crippen molar-refractivity contribution in [2.45, 2.75) is 193 Å². The van der Waals surface area contributed by atoms with E-state index < -0.39 is 18.1 Å². The lowest BCUT2D eigenvalue weighted by Crippen LogP contribution is -2.55. The van der Waals surface area contributed by atoms with E-state index in [9.17, 15) is 19.5 Å². The summed E-state index contributed by atoms with van der Waals surface area (Å²) in [5, 5.41) is 11.6. The Morgan fingerprint density at radius 3 is 1.62 bits per heavy atom. The van der Waals surface area contributed by atoms with Crippen molar-refractivity contribution in [1.29, 1.82) is 0 Å². The fraction of sp³-hybridized carbons (Fsp3) is 0.800. The van der Waals surface area contributed by atoms with E-state index in [1.165, 1.54) is 109 Å². The van der Waals surface area contributed by atoms with Gasteiger partial charge in [-0.1, -0.05) is 147 Å². The molecule has 0 N–H and O–H groups in total. The molecule has 0 saturated carbocycles. The number of quaternary nitrogens is 1. The van der Waals surface area contributed by atoms with Gasteiger partial charge in [-0.2, -0.15) is 0 Å². The van der Waals surface area contributed by atoms with Gasteiger partial charge in [-0.15, -0.1) is 0 Å². The maximum atomic E-state index is 12.7. The van der Waals surface area contributed by atoms with E-state index in [2.05, 4.69) is 38.2 Å². The number of rotatable bonds is 38. The predicted molar refractivity (Wildman–Crippen MR) is 217 cm³/mol. The van der Waals surface area contributed by atoms with E-state index in [1.807, 2.05) is 12.2 Å². The quantitative estimate of drug-likeness (QED) is 0.0268. The summed E-state index contributed by atoms with van der Waals surface area (Å²) in [7, 11) is 5.38. The summed E-state index contributed by atoms with van der Waals surface area (Å²) in [6.07, 6.45) is 40.8. The minimum absolute atomic E-state index is 0.0220. The Morgan fingerprint density at radius 1 is 0.585 bits per heavy atom. The zero-order valence-corrected chi connectivity index (χ0v) is 34.9. The molecule has 0 aliphatic heterocycles. The monoisotopic (exact) mass is 748 g/mol. The number of unbranched alkanes of at least 4 members (excludes halogenated alkanes) is 18. The number of carbonyl (C=O) groups excluding carboxylic acids is 3. The molecular weight excluding hydrogens is 666 g/mol. The van der Waals surface area contributed by atoms with Gasteiger partial charge in [0.25, 0.3) is 0 Å². The molecule has 0 aromatic carbocycles. The van der Waals surface area contributed by atoms with Gasteiger partial charge in [0.1, 0.15) is 12.6 Å². The number of esters is 2. The highest BCUT2D eigenvalue weighted by molar-refractivity contribution is 5.70. The molecule has 2 unspecified atom stereocenters. The molecule has 8 heteroatoms. The van der Waals surface area contributed by atoms with E-state index in [1.54, 1.807) is 21.1 Å². The van der Waals surface area contributed by atoms with Crippen LogP contribution in [0.2, 0.25) is 0 Å². The second-order valence-electron chi connectivity index (χ2n) is 15.5. The van der Waals surface area contributed by atoms with Gasteiger partial charge in [-0.25, -0.2) is 0 Å². The van der Waals surface area contributed by atoms with Crippen LogP contribution in [0, 0.1) is 0 Å². The average molecular weight is 748 g/mol. The normalized spacial score (nSPS) is 13.3. The minimum Gasteiger partial charge on any atom is -0.544 e. The van der Waals surface area contributed by atoms with Gasteiger partial charge in [-0.05, 0) is 51.4 Å². The van der Waals surface area contributed by atoms with Crippen molar-refractivity contribution in [3.05, 3.63) is 36.5 Å². The van der Waals surface area contributed by atoms with Crippen molar-refractivity contribution in [2.75, 3.05) is 41.0 Å². The molecule has 0 rings (SSSR count). The molecule has 2 atom stereocenters. The first-order valence-electron chi connectivity index (χ1n) is 21.5. The first-order valence-corrected chi connectivity index (χ1v) is 21.5. The largest absolute Gasteiger partial charge is 0.544 e. The molecule has 8 nitrogen and oxygen atoms in total. The number of ether oxygens (including phenoxy) is 3. The fourth-order valence-corrected chi connectivity index (χ4v) is 6.18. The van der Waals surface area contributed by atoms with Crippen LogP contribution in [0.15, 0.2) is 36.5 Å². The number of aliphatic carboxylic acids is 1. The number of hydrogen-bond donors (Lipinski definition) is 0. The van der Waals surface area contributed by atoms with Gasteiger partial charge in [0, 0.05) is 19.3 Å². The molecule has 308 valence electrons. The molecule has 0 aromatic rings. The smallest absolute Gasteiger partial charge is 0.306 e. The number of likely N-dealkylation sites (N-methyl/N-ethyl adjacent to an activating group) is 1. The topological polar surface area (TPSA) is 102 Å². The van der Waals surface area contributed by atoms with Crippen LogP contribution >= 0.6 is 0 Å². The Balaban J connectivity index is 4.20. The van der Waals surface area contributed by atoms with Crippen molar-refractivity contribution in [1.82, 2.24) is 0 Å². The lowest BCUT2D eigenvalue weighted by molar-refractivity contribution is -0.889. The third kappa shape index (κ3) is 35.0. The van der Waals surface area contributed by atoms with Gasteiger partial charge in [0.2, 0.25) is 0 Å². The molecule has 0 spiro atoms. The standard InChI is InChI=1S/C45H81NO7/c1-6-8-10-12-14-15-16-17-18-19-20-21-22-23-24-25-26-27-28-30-32-34-36-44(48)53-41(39-51-38-37-42(45(49)50)46(3,4)5)40-52-43(47)35-33-31-29-13-11-9-7-2/h9,11,22-23,29,31,41-42H,6-8,10,12-21,24-28,30,32-40H2,1-5H3/b11-9+,23-22+,31-29+. The molecule has 0 aliphatic carbocycles. The number of carboxylic acid groups (broad SMARTS) is 1. The molecule has 0 radical (unpaired) electrons. The molecule has 0 saturated heterocycles. The van der Waals surface area contributed by atoms with Crippen molar-refractivity contribution < 1.29 is 38.2 Å². The number of allylic oxidation sites excluding steroid dienone is 6. The lowest BCUT2D eigenvalue weighted by atomic mass is 10.0. The maximum Gasteiger partial charge on any atom is 0.306 e. The van der Waals surface area contributed by atoms with Crippen LogP contribution in [0.1, 0.15) is 181 Å². The molecule has 0 aliphatic rings. The van der Waals surface area contributed by atoms with Gasteiger partial charge < -0.3 is 28.6 Å². The van der Waals surface area contributed by atoms with E-state index in [-0.39, 0.29) is 49.1 Å². The molecule has 0 bridgehead atoms. The zero-order valence-electron chi connectivity index (χ0n) is 34.9. The summed E-state index contributed by atoms with van der Waals surface area (Å²) in [5.74, 6) is -1.83. The molecule has 0 aromatic heterocycles. The Kier molecular flexibility index (Phi) is 34.8. The van der Waals surface area contributed by atoms with E-state index in [0.29, 0.717) is 12.8 Å². The average Bonchev–Trinajstić information content (AvgIpc) is 3.11. The molecule has 0 heterocycles. The van der Waals surface area contributed by atoms with E-state index in [0.717, 1.165) is 32.1 Å². The lowest BCUT2D eigenvalue weighted by Gasteiger charge is -2.34. The third-order valence-corrected chi connectivity index (χ3v) is 9.52. The Hall–Kier alpha value is -2.45. The zero-order chi connectivity index (χ0) is 39.3. The SMILES string of the molecule is CC/C=C/C/C=C/CCC(=O)OCC(COCCC(C(=O)[O-])[N+](C)(C)C)OC(=O)CCCCCCCCC/C=C/CCCCCCCCCCCCC. The van der Waals surface area contributed by atoms with Crippen LogP contribution in [0.25, 0.3) is 0 Å². The van der Waals surface area contributed by atoms with Crippen LogP contribution in [0.3, 0.4) is 0 Å². The van der Waals surface area contributed by atoms with Gasteiger partial charge in [-0.3, -0.25) is 9.59 Å². The summed E-state index contributed by atoms with van der Waals surface area (Å²) in [5.41, 5.74) is 0. The summed E-state index contributed by atoms with van der Waals surface area (Å²) >= 11 is 0. The van der Waals surface area contributed by atoms with Crippen LogP contribution in [-0.2, 0) is 28.6 Å². The molecule has 53 heavy (non-hydrogen) atoms. The van der Waals surface area contributed by atoms with Crippen LogP contribution in [0.4, 0.5) is 0 Å². The number of carboxylic acids is 1. The van der Waals surface area contributed by atoms with Gasteiger partial charge in [0.15, 0.2) is 6.10 Å². The Morgan fingerprint density at radius 2 is 1.09 bits per heavy atom.